The molecule has 0 saturated carbocycles. The summed E-state index contributed by atoms with van der Waals surface area (Å²) in [7, 11) is 0. The lowest BCUT2D eigenvalue weighted by molar-refractivity contribution is 0.112. The van der Waals surface area contributed by atoms with Crippen LogP contribution in [0.2, 0.25) is 0 Å². The van der Waals surface area contributed by atoms with Crippen molar-refractivity contribution in [2.24, 2.45) is 0 Å². The van der Waals surface area contributed by atoms with Crippen LogP contribution in [0.1, 0.15) is 23.4 Å². The monoisotopic (exact) mass is 318 g/mol. The van der Waals surface area contributed by atoms with Crippen LogP contribution in [0.3, 0.4) is 0 Å². The van der Waals surface area contributed by atoms with Gasteiger partial charge in [-0.25, -0.2) is 9.67 Å². The van der Waals surface area contributed by atoms with Gasteiger partial charge in [0.15, 0.2) is 5.13 Å². The Morgan fingerprint density at radius 3 is 3.27 bits per heavy atom. The Morgan fingerprint density at radius 1 is 1.45 bits per heavy atom. The molecule has 0 N–H and O–H groups in total. The van der Waals surface area contributed by atoms with Crippen LogP contribution in [0, 0.1) is 0 Å². The average Bonchev–Trinajstić information content (AvgIpc) is 3.15. The molecule has 1 unspecified atom stereocenters. The lowest BCUT2D eigenvalue weighted by Gasteiger charge is -2.24. The molecule has 0 amide bonds. The summed E-state index contributed by atoms with van der Waals surface area (Å²) in [6, 6.07) is 3.53. The van der Waals surface area contributed by atoms with Crippen molar-refractivity contribution >= 4 is 16.5 Å². The van der Waals surface area contributed by atoms with Gasteiger partial charge in [0.1, 0.15) is 0 Å². The molecule has 0 radical (unpaired) electrons. The maximum absolute atomic E-state index is 11.9. The van der Waals surface area contributed by atoms with Crippen LogP contribution in [0.25, 0.3) is 0 Å². The molecule has 6 nitrogen and oxygen atoms in total. The van der Waals surface area contributed by atoms with Crippen LogP contribution in [0.15, 0.2) is 23.1 Å². The topological polar surface area (TPSA) is 60.2 Å². The first-order chi connectivity index (χ1) is 10.8. The molecule has 2 aromatic rings. The van der Waals surface area contributed by atoms with Gasteiger partial charge in [-0.3, -0.25) is 4.79 Å². The van der Waals surface area contributed by atoms with E-state index in [0.717, 1.165) is 37.5 Å². The number of hydrogen-bond acceptors (Lipinski definition) is 6. The highest BCUT2D eigenvalue weighted by Crippen LogP contribution is 2.34. The standard InChI is InChI=1S/C15H18N4O2S/c20-14-4-1-6-16-19(14)9-11-3-2-7-18(11)15-17-12-5-8-21-10-13(12)22-15/h1,4,6,11H,2-3,5,7-10H2. The molecule has 2 aliphatic rings. The molecular formula is C15H18N4O2S. The second-order valence-electron chi connectivity index (χ2n) is 5.70. The summed E-state index contributed by atoms with van der Waals surface area (Å²) in [4.78, 5) is 20.3. The van der Waals surface area contributed by atoms with Gasteiger partial charge >= 0.3 is 0 Å². The molecule has 7 heteroatoms. The van der Waals surface area contributed by atoms with Gasteiger partial charge in [0.25, 0.3) is 5.56 Å². The van der Waals surface area contributed by atoms with Crippen LogP contribution in [-0.2, 0) is 24.3 Å². The third kappa shape index (κ3) is 2.55. The van der Waals surface area contributed by atoms with E-state index < -0.39 is 0 Å². The van der Waals surface area contributed by atoms with Crippen molar-refractivity contribution in [3.05, 3.63) is 39.3 Å². The van der Waals surface area contributed by atoms with Crippen LogP contribution < -0.4 is 10.5 Å². The van der Waals surface area contributed by atoms with Crippen molar-refractivity contribution in [3.63, 3.8) is 0 Å². The van der Waals surface area contributed by atoms with Crippen LogP contribution in [0.5, 0.6) is 0 Å². The zero-order valence-electron chi connectivity index (χ0n) is 12.3. The fourth-order valence-electron chi connectivity index (χ4n) is 3.14. The summed E-state index contributed by atoms with van der Waals surface area (Å²) >= 11 is 1.73. The maximum atomic E-state index is 11.9. The molecule has 2 aromatic heterocycles. The Hall–Kier alpha value is -1.73. The molecule has 116 valence electrons. The van der Waals surface area contributed by atoms with Gasteiger partial charge in [-0.2, -0.15) is 5.10 Å². The first kappa shape index (κ1) is 13.9. The largest absolute Gasteiger partial charge is 0.375 e. The molecule has 0 aliphatic carbocycles. The third-order valence-corrected chi connectivity index (χ3v) is 5.38. The van der Waals surface area contributed by atoms with Crippen molar-refractivity contribution in [2.75, 3.05) is 18.1 Å². The number of hydrogen-bond donors (Lipinski definition) is 0. The third-order valence-electron chi connectivity index (χ3n) is 4.28. The molecule has 0 bridgehead atoms. The number of anilines is 1. The van der Waals surface area contributed by atoms with E-state index in [4.69, 9.17) is 9.72 Å². The van der Waals surface area contributed by atoms with E-state index in [2.05, 4.69) is 10.00 Å². The molecule has 1 saturated heterocycles. The number of rotatable bonds is 3. The Kier molecular flexibility index (Phi) is 3.67. The average molecular weight is 318 g/mol. The Balaban J connectivity index is 1.57. The Labute approximate surface area is 132 Å². The summed E-state index contributed by atoms with van der Waals surface area (Å²) in [6.07, 6.45) is 4.78. The number of thiazole rings is 1. The van der Waals surface area contributed by atoms with E-state index in [9.17, 15) is 4.79 Å². The zero-order chi connectivity index (χ0) is 14.9. The van der Waals surface area contributed by atoms with Crippen molar-refractivity contribution in [3.8, 4) is 0 Å². The number of nitrogens with zero attached hydrogens (tertiary/aromatic N) is 4. The summed E-state index contributed by atoms with van der Waals surface area (Å²) in [6.45, 7) is 3.08. The van der Waals surface area contributed by atoms with Crippen LogP contribution in [0.4, 0.5) is 5.13 Å². The minimum atomic E-state index is -0.0406. The highest BCUT2D eigenvalue weighted by molar-refractivity contribution is 7.15. The fourth-order valence-corrected chi connectivity index (χ4v) is 4.28. The van der Waals surface area contributed by atoms with E-state index in [1.807, 2.05) is 0 Å². The molecule has 4 rings (SSSR count). The first-order valence-electron chi connectivity index (χ1n) is 7.66. The predicted molar refractivity (Wildman–Crippen MR) is 84.3 cm³/mol. The fraction of sp³-hybridized carbons (Fsp3) is 0.533. The maximum Gasteiger partial charge on any atom is 0.266 e. The second-order valence-corrected chi connectivity index (χ2v) is 6.76. The first-order valence-corrected chi connectivity index (χ1v) is 8.48. The van der Waals surface area contributed by atoms with Crippen LogP contribution >= 0.6 is 11.3 Å². The van der Waals surface area contributed by atoms with E-state index in [1.54, 1.807) is 34.3 Å². The van der Waals surface area contributed by atoms with Crippen molar-refractivity contribution in [2.45, 2.75) is 38.5 Å². The quantitative estimate of drug-likeness (QED) is 0.857. The van der Waals surface area contributed by atoms with E-state index in [0.29, 0.717) is 19.2 Å². The highest BCUT2D eigenvalue weighted by atomic mass is 32.1. The number of aromatic nitrogens is 3. The van der Waals surface area contributed by atoms with Crippen molar-refractivity contribution in [1.82, 2.24) is 14.8 Å². The smallest absolute Gasteiger partial charge is 0.266 e. The van der Waals surface area contributed by atoms with E-state index >= 15 is 0 Å². The number of ether oxygens (including phenoxy) is 1. The van der Waals surface area contributed by atoms with Gasteiger partial charge in [0.05, 0.1) is 36.4 Å². The van der Waals surface area contributed by atoms with Gasteiger partial charge in [-0.1, -0.05) is 11.3 Å². The van der Waals surface area contributed by atoms with Gasteiger partial charge in [0, 0.05) is 25.2 Å². The van der Waals surface area contributed by atoms with Gasteiger partial charge in [0.2, 0.25) is 0 Å². The molecule has 4 heterocycles. The Bertz CT molecular complexity index is 703. The van der Waals surface area contributed by atoms with Gasteiger partial charge < -0.3 is 9.64 Å². The summed E-state index contributed by atoms with van der Waals surface area (Å²) in [5.74, 6) is 0. The molecule has 0 spiro atoms. The SMILES string of the molecule is O=c1cccnn1CC1CCCN1c1nc2c(s1)COCC2. The molecule has 1 fully saturated rings. The number of fused-ring (bicyclic) bond motifs is 1. The summed E-state index contributed by atoms with van der Waals surface area (Å²) < 4.78 is 7.06. The minimum Gasteiger partial charge on any atom is -0.375 e. The predicted octanol–water partition coefficient (Wildman–Crippen LogP) is 1.44. The zero-order valence-corrected chi connectivity index (χ0v) is 13.1. The van der Waals surface area contributed by atoms with Gasteiger partial charge in [-0.05, 0) is 18.9 Å². The van der Waals surface area contributed by atoms with Crippen molar-refractivity contribution < 1.29 is 4.74 Å². The summed E-state index contributed by atoms with van der Waals surface area (Å²) in [5.41, 5.74) is 1.15. The second kappa shape index (κ2) is 5.81. The lowest BCUT2D eigenvalue weighted by atomic mass is 10.2. The molecule has 1 atom stereocenters. The molecule has 0 aromatic carbocycles. The van der Waals surface area contributed by atoms with Crippen molar-refractivity contribution in [1.29, 1.82) is 0 Å². The molecule has 22 heavy (non-hydrogen) atoms. The summed E-state index contributed by atoms with van der Waals surface area (Å²) in [5, 5.41) is 5.25. The van der Waals surface area contributed by atoms with Crippen LogP contribution in [-0.4, -0.2) is 34.0 Å². The van der Waals surface area contributed by atoms with E-state index in [-0.39, 0.29) is 5.56 Å². The molecule has 2 aliphatic heterocycles. The van der Waals surface area contributed by atoms with E-state index in [1.165, 1.54) is 10.6 Å². The normalized spacial score (nSPS) is 21.1. The lowest BCUT2D eigenvalue weighted by Crippen LogP contribution is -2.36. The molecular weight excluding hydrogens is 300 g/mol. The highest BCUT2D eigenvalue weighted by Gasteiger charge is 2.29. The van der Waals surface area contributed by atoms with Gasteiger partial charge in [-0.15, -0.1) is 0 Å². The Morgan fingerprint density at radius 2 is 2.41 bits per heavy atom. The minimum absolute atomic E-state index is 0.0406.